The summed E-state index contributed by atoms with van der Waals surface area (Å²) in [6.45, 7) is 2.65. The van der Waals surface area contributed by atoms with Crippen LogP contribution in [0, 0.1) is 0 Å². The molecule has 0 saturated heterocycles. The molecule has 0 aliphatic heterocycles. The molecular formula is C14H17NO2S. The van der Waals surface area contributed by atoms with E-state index in [4.69, 9.17) is 4.74 Å². The van der Waals surface area contributed by atoms with Gasteiger partial charge in [0.15, 0.2) is 0 Å². The topological polar surface area (TPSA) is 42.4 Å². The van der Waals surface area contributed by atoms with Crippen LogP contribution >= 0.6 is 11.3 Å². The standard InChI is InChI=1S/C14H17NO2S/c1-2-17-12-6-3-11(4-7-12)5-8-13(16)14-15-9-10-18-14/h3-4,6-7,9-10,13,16H,2,5,8H2,1H3. The van der Waals surface area contributed by atoms with Crippen molar-refractivity contribution in [3.8, 4) is 5.75 Å². The molecule has 2 rings (SSSR count). The SMILES string of the molecule is CCOc1ccc(CCC(O)c2nccs2)cc1. The molecule has 4 heteroatoms. The Morgan fingerprint density at radius 1 is 1.33 bits per heavy atom. The van der Waals surface area contributed by atoms with E-state index in [1.54, 1.807) is 6.20 Å². The Bertz CT molecular complexity index is 453. The number of aliphatic hydroxyl groups is 1. The Balaban J connectivity index is 1.86. The molecule has 0 radical (unpaired) electrons. The third-order valence-corrected chi connectivity index (χ3v) is 3.55. The largest absolute Gasteiger partial charge is 0.494 e. The van der Waals surface area contributed by atoms with Gasteiger partial charge in [-0.25, -0.2) is 4.98 Å². The van der Waals surface area contributed by atoms with Crippen LogP contribution in [0.5, 0.6) is 5.75 Å². The van der Waals surface area contributed by atoms with E-state index in [-0.39, 0.29) is 0 Å². The number of aliphatic hydroxyl groups excluding tert-OH is 1. The van der Waals surface area contributed by atoms with Crippen molar-refractivity contribution in [2.75, 3.05) is 6.61 Å². The fourth-order valence-corrected chi connectivity index (χ4v) is 2.40. The summed E-state index contributed by atoms with van der Waals surface area (Å²) in [4.78, 5) is 4.12. The lowest BCUT2D eigenvalue weighted by Gasteiger charge is -2.08. The molecule has 1 aromatic carbocycles. The molecule has 1 aromatic heterocycles. The lowest BCUT2D eigenvalue weighted by molar-refractivity contribution is 0.167. The van der Waals surface area contributed by atoms with Gasteiger partial charge >= 0.3 is 0 Å². The maximum atomic E-state index is 9.93. The van der Waals surface area contributed by atoms with Gasteiger partial charge in [-0.1, -0.05) is 12.1 Å². The van der Waals surface area contributed by atoms with Gasteiger partial charge in [-0.15, -0.1) is 11.3 Å². The van der Waals surface area contributed by atoms with Crippen LogP contribution in [0.25, 0.3) is 0 Å². The second-order valence-corrected chi connectivity index (χ2v) is 4.93. The van der Waals surface area contributed by atoms with Crippen molar-refractivity contribution in [3.63, 3.8) is 0 Å². The normalized spacial score (nSPS) is 12.3. The molecule has 3 nitrogen and oxygen atoms in total. The van der Waals surface area contributed by atoms with E-state index in [2.05, 4.69) is 4.98 Å². The van der Waals surface area contributed by atoms with Gasteiger partial charge in [0.05, 0.1) is 6.61 Å². The van der Waals surface area contributed by atoms with E-state index in [0.29, 0.717) is 13.0 Å². The van der Waals surface area contributed by atoms with Crippen LogP contribution < -0.4 is 4.74 Å². The summed E-state index contributed by atoms with van der Waals surface area (Å²) in [5.41, 5.74) is 1.20. The Morgan fingerprint density at radius 2 is 2.11 bits per heavy atom. The fraction of sp³-hybridized carbons (Fsp3) is 0.357. The molecule has 1 unspecified atom stereocenters. The van der Waals surface area contributed by atoms with Gasteiger partial charge in [0, 0.05) is 11.6 Å². The summed E-state index contributed by atoms with van der Waals surface area (Å²) < 4.78 is 5.39. The zero-order valence-corrected chi connectivity index (χ0v) is 11.2. The molecule has 1 N–H and O–H groups in total. The number of nitrogens with zero attached hydrogens (tertiary/aromatic N) is 1. The highest BCUT2D eigenvalue weighted by atomic mass is 32.1. The molecule has 1 heterocycles. The van der Waals surface area contributed by atoms with E-state index in [9.17, 15) is 5.11 Å². The van der Waals surface area contributed by atoms with Crippen LogP contribution in [0.4, 0.5) is 0 Å². The van der Waals surface area contributed by atoms with E-state index >= 15 is 0 Å². The maximum Gasteiger partial charge on any atom is 0.121 e. The van der Waals surface area contributed by atoms with Gasteiger partial charge in [-0.3, -0.25) is 0 Å². The van der Waals surface area contributed by atoms with Gasteiger partial charge in [0.25, 0.3) is 0 Å². The van der Waals surface area contributed by atoms with Gasteiger partial charge in [0.1, 0.15) is 16.9 Å². The lowest BCUT2D eigenvalue weighted by Crippen LogP contribution is -1.99. The number of ether oxygens (including phenoxy) is 1. The smallest absolute Gasteiger partial charge is 0.121 e. The van der Waals surface area contributed by atoms with Crippen molar-refractivity contribution in [2.24, 2.45) is 0 Å². The molecule has 2 aromatic rings. The van der Waals surface area contributed by atoms with Gasteiger partial charge < -0.3 is 9.84 Å². The average Bonchev–Trinajstić information content (AvgIpc) is 2.92. The Hall–Kier alpha value is -1.39. The van der Waals surface area contributed by atoms with Crippen LogP contribution in [0.1, 0.15) is 30.0 Å². The number of benzene rings is 1. The second kappa shape index (κ2) is 6.52. The Labute approximate surface area is 111 Å². The zero-order chi connectivity index (χ0) is 12.8. The first-order valence-electron chi connectivity index (χ1n) is 6.08. The molecule has 0 aliphatic carbocycles. The molecule has 0 saturated carbocycles. The van der Waals surface area contributed by atoms with Crippen molar-refractivity contribution < 1.29 is 9.84 Å². The highest BCUT2D eigenvalue weighted by Crippen LogP contribution is 2.21. The predicted octanol–water partition coefficient (Wildman–Crippen LogP) is 3.21. The molecule has 18 heavy (non-hydrogen) atoms. The van der Waals surface area contributed by atoms with E-state index in [1.165, 1.54) is 16.9 Å². The molecule has 0 amide bonds. The molecule has 0 fully saturated rings. The molecule has 0 spiro atoms. The summed E-state index contributed by atoms with van der Waals surface area (Å²) in [6.07, 6.45) is 2.80. The van der Waals surface area contributed by atoms with E-state index in [1.807, 2.05) is 36.6 Å². The predicted molar refractivity (Wildman–Crippen MR) is 73.0 cm³/mol. The number of hydrogen-bond donors (Lipinski definition) is 1. The minimum absolute atomic E-state index is 0.462. The average molecular weight is 263 g/mol. The van der Waals surface area contributed by atoms with Crippen molar-refractivity contribution in [1.82, 2.24) is 4.98 Å². The number of rotatable bonds is 6. The summed E-state index contributed by atoms with van der Waals surface area (Å²) >= 11 is 1.49. The van der Waals surface area contributed by atoms with Gasteiger partial charge in [-0.2, -0.15) is 0 Å². The lowest BCUT2D eigenvalue weighted by atomic mass is 10.1. The summed E-state index contributed by atoms with van der Waals surface area (Å²) in [7, 11) is 0. The second-order valence-electron chi connectivity index (χ2n) is 4.00. The quantitative estimate of drug-likeness (QED) is 0.870. The minimum atomic E-state index is -0.462. The fourth-order valence-electron chi connectivity index (χ4n) is 1.74. The molecule has 0 bridgehead atoms. The van der Waals surface area contributed by atoms with Crippen LogP contribution in [0.15, 0.2) is 35.8 Å². The molecular weight excluding hydrogens is 246 g/mol. The highest BCUT2D eigenvalue weighted by molar-refractivity contribution is 7.09. The number of hydrogen-bond acceptors (Lipinski definition) is 4. The first kappa shape index (κ1) is 13.1. The Kier molecular flexibility index (Phi) is 4.73. The van der Waals surface area contributed by atoms with Crippen molar-refractivity contribution in [3.05, 3.63) is 46.4 Å². The summed E-state index contributed by atoms with van der Waals surface area (Å²) in [5.74, 6) is 0.890. The third-order valence-electron chi connectivity index (χ3n) is 2.68. The Morgan fingerprint density at radius 3 is 2.72 bits per heavy atom. The summed E-state index contributed by atoms with van der Waals surface area (Å²) in [6, 6.07) is 8.02. The number of thiazole rings is 1. The van der Waals surface area contributed by atoms with Gasteiger partial charge in [-0.05, 0) is 37.5 Å². The van der Waals surface area contributed by atoms with Crippen LogP contribution in [-0.2, 0) is 6.42 Å². The molecule has 0 aliphatic rings. The van der Waals surface area contributed by atoms with E-state index < -0.39 is 6.10 Å². The van der Waals surface area contributed by atoms with Crippen molar-refractivity contribution in [1.29, 1.82) is 0 Å². The van der Waals surface area contributed by atoms with Crippen molar-refractivity contribution in [2.45, 2.75) is 25.9 Å². The van der Waals surface area contributed by atoms with Crippen LogP contribution in [0.3, 0.4) is 0 Å². The maximum absolute atomic E-state index is 9.93. The third kappa shape index (κ3) is 3.55. The number of aromatic nitrogens is 1. The molecule has 96 valence electrons. The minimum Gasteiger partial charge on any atom is -0.494 e. The van der Waals surface area contributed by atoms with Gasteiger partial charge in [0.2, 0.25) is 0 Å². The highest BCUT2D eigenvalue weighted by Gasteiger charge is 2.09. The van der Waals surface area contributed by atoms with Crippen LogP contribution in [0.2, 0.25) is 0 Å². The summed E-state index contributed by atoms with van der Waals surface area (Å²) in [5, 5.41) is 12.6. The van der Waals surface area contributed by atoms with E-state index in [0.717, 1.165) is 17.2 Å². The first-order chi connectivity index (χ1) is 8.79. The van der Waals surface area contributed by atoms with Crippen molar-refractivity contribution >= 4 is 11.3 Å². The monoisotopic (exact) mass is 263 g/mol. The first-order valence-corrected chi connectivity index (χ1v) is 6.96. The number of aryl methyl sites for hydroxylation is 1. The molecule has 1 atom stereocenters. The van der Waals surface area contributed by atoms with Crippen LogP contribution in [-0.4, -0.2) is 16.7 Å². The zero-order valence-electron chi connectivity index (χ0n) is 10.4.